The fourth-order valence-corrected chi connectivity index (χ4v) is 20.1. The number of nitrogens with zero attached hydrogens (tertiary/aromatic N) is 3. The Hall–Kier alpha value is -8.50. The van der Waals surface area contributed by atoms with E-state index in [1.54, 1.807) is 32.9 Å². The number of ether oxygens (including phenoxy) is 13. The van der Waals surface area contributed by atoms with Crippen molar-refractivity contribution in [3.8, 4) is 5.75 Å². The second kappa shape index (κ2) is 55.8. The Morgan fingerprint density at radius 3 is 1.83 bits per heavy atom. The van der Waals surface area contributed by atoms with Crippen LogP contribution in [0.2, 0.25) is 0 Å². The predicted octanol–water partition coefficient (Wildman–Crippen LogP) is 4.97. The van der Waals surface area contributed by atoms with Crippen molar-refractivity contribution in [3.63, 3.8) is 0 Å². The van der Waals surface area contributed by atoms with Gasteiger partial charge in [0.05, 0.1) is 188 Å². The summed E-state index contributed by atoms with van der Waals surface area (Å²) in [6.07, 6.45) is 8.98. The van der Waals surface area contributed by atoms with E-state index in [0.29, 0.717) is 131 Å². The topological polar surface area (TPSA) is 476 Å². The maximum absolute atomic E-state index is 18.2. The minimum atomic E-state index is -2.40. The summed E-state index contributed by atoms with van der Waals surface area (Å²) in [7, 11) is 8.18. The minimum absolute atomic E-state index is 0.0160. The monoisotopic (exact) mass is 1950 g/mol. The number of quaternary nitrogens is 1. The van der Waals surface area contributed by atoms with Gasteiger partial charge in [0.2, 0.25) is 41.2 Å². The van der Waals surface area contributed by atoms with Crippen LogP contribution in [0.15, 0.2) is 70.9 Å². The lowest BCUT2D eigenvalue weighted by atomic mass is 9.44. The Bertz CT molecular complexity index is 4250. The van der Waals surface area contributed by atoms with Gasteiger partial charge in [0.1, 0.15) is 50.0 Å². The standard InChI is InChI=1S/C97H155F2N15O24/c1-10-20-87-137-82-60-70-71-59-73(98)72-58-68(115)31-34-94(72,4)96(71,99)80(117)61-95(70,5)97(82,138-87)81(118)62-134-69-29-27-67(28-30-69)105-91(123)66(21-19-36-104-93(100)125)57-77(116)88(65(2)3)107-92(124)74(106-84(120)33-42-127-46-50-131-53-55-132-51-47-128-43-38-103-86(122)64-135-78-25-15-11-13-23-75-89(78)108-110-112(75)6)22-17-18-35-101-85(121)63-136-79-26-16-12-14-24-76-90(79)109-111-113(76)39-44-129-48-52-133-56-54-130-49-45-126-41-32-83(119)102-37-40-114(7,8)9/h27-31,34,58,65-66,70-71,73-74,78-80,82,87-88,108-111,117H,10-26,32-33,35-57,59-64H2,1-9H3,(H8-,100,101,102,103,104,105,106,107,119,120,121,122,123,124,125)/p+1/t66-,70+,71+,73+,74-,78?,79?,80+,82-,87?,88+,94+,95+,96+,97-/m1/s1. The van der Waals surface area contributed by atoms with Crippen molar-refractivity contribution >= 4 is 64.5 Å². The largest absolute Gasteiger partial charge is 0.486 e. The van der Waals surface area contributed by atoms with Gasteiger partial charge in [0.25, 0.3) is 0 Å². The number of likely N-dealkylation sites (N-methyl/N-ethyl adjacent to an activating group) is 1. The van der Waals surface area contributed by atoms with E-state index in [1.807, 2.05) is 24.0 Å². The molecule has 1 saturated heterocycles. The van der Waals surface area contributed by atoms with Gasteiger partial charge >= 0.3 is 6.03 Å². The number of ketones is 3. The molecule has 8 amide bonds. The number of allylic oxidation sites excluding steroid dienone is 6. The number of unbranched alkanes of at least 4 members (excludes halogenated alkanes) is 1. The first kappa shape index (κ1) is 111. The van der Waals surface area contributed by atoms with E-state index in [2.05, 4.69) is 80.3 Å². The number of urea groups is 1. The molecular formula is C97H156F2N15O24+. The van der Waals surface area contributed by atoms with Crippen molar-refractivity contribution in [2.75, 3.05) is 198 Å². The number of alkyl halides is 2. The second-order valence-corrected chi connectivity index (χ2v) is 38.8. The van der Waals surface area contributed by atoms with E-state index in [-0.39, 0.29) is 152 Å². The van der Waals surface area contributed by atoms with Gasteiger partial charge in [-0.25, -0.2) is 13.6 Å². The van der Waals surface area contributed by atoms with Crippen molar-refractivity contribution in [2.45, 2.75) is 243 Å². The first-order chi connectivity index (χ1) is 66.3. The summed E-state index contributed by atoms with van der Waals surface area (Å²) in [5, 5.41) is 35.9. The lowest BCUT2D eigenvalue weighted by Gasteiger charge is -2.63. The first-order valence-corrected chi connectivity index (χ1v) is 49.8. The number of benzene rings is 1. The van der Waals surface area contributed by atoms with E-state index >= 15 is 13.6 Å². The summed E-state index contributed by atoms with van der Waals surface area (Å²) < 4.78 is 113. The third kappa shape index (κ3) is 32.0. The van der Waals surface area contributed by atoms with Crippen LogP contribution in [-0.4, -0.2) is 332 Å². The normalized spacial score (nSPS) is 25.6. The summed E-state index contributed by atoms with van der Waals surface area (Å²) >= 11 is 0. The molecule has 10 rings (SSSR count). The summed E-state index contributed by atoms with van der Waals surface area (Å²) in [5.74, 6) is -6.92. The summed E-state index contributed by atoms with van der Waals surface area (Å²) in [5.41, 5.74) is 15.5. The number of nitrogens with one attached hydrogen (secondary N) is 11. The molecule has 0 radical (unpaired) electrons. The highest BCUT2D eigenvalue weighted by molar-refractivity contribution is 6.02. The van der Waals surface area contributed by atoms with Crippen LogP contribution in [0, 0.1) is 34.5 Å². The highest BCUT2D eigenvalue weighted by Crippen LogP contribution is 2.72. The molecule has 9 aliphatic rings. The van der Waals surface area contributed by atoms with E-state index < -0.39 is 136 Å². The quantitative estimate of drug-likeness (QED) is 0.0302. The number of aliphatic hydroxyl groups excluding tert-OH is 1. The Morgan fingerprint density at radius 1 is 0.638 bits per heavy atom. The van der Waals surface area contributed by atoms with Crippen molar-refractivity contribution in [3.05, 3.63) is 70.9 Å². The average molecular weight is 1950 g/mol. The molecular weight excluding hydrogens is 1800 g/mol. The molecule has 0 bridgehead atoms. The number of hydrogen-bond donors (Lipinski definition) is 13. The zero-order valence-corrected chi connectivity index (χ0v) is 82.4. The maximum Gasteiger partial charge on any atom is 0.312 e. The zero-order chi connectivity index (χ0) is 99.3. The van der Waals surface area contributed by atoms with Crippen molar-refractivity contribution in [1.82, 2.24) is 63.8 Å². The lowest BCUT2D eigenvalue weighted by molar-refractivity contribution is -0.869. The predicted molar refractivity (Wildman–Crippen MR) is 504 cm³/mol. The molecule has 3 saturated carbocycles. The molecule has 15 atom stereocenters. The van der Waals surface area contributed by atoms with E-state index in [4.69, 9.17) is 67.3 Å². The Morgan fingerprint density at radius 2 is 1.21 bits per heavy atom. The number of carbonyl (C=O) groups excluding carboxylic acids is 10. The number of hydrogen-bond acceptors (Lipinski definition) is 30. The number of amides is 8. The molecule has 41 heteroatoms. The van der Waals surface area contributed by atoms with Crippen molar-refractivity contribution in [1.29, 1.82) is 0 Å². The van der Waals surface area contributed by atoms with Crippen LogP contribution in [0.25, 0.3) is 0 Å². The summed E-state index contributed by atoms with van der Waals surface area (Å²) in [6.45, 7) is 15.3. The van der Waals surface area contributed by atoms with Gasteiger partial charge in [-0.05, 0) is 157 Å². The van der Waals surface area contributed by atoms with E-state index in [0.717, 1.165) is 97.7 Å². The minimum Gasteiger partial charge on any atom is -0.486 e. The molecule has 3 heterocycles. The molecule has 776 valence electrons. The number of nitrogens with two attached hydrogens (primary N) is 1. The van der Waals surface area contributed by atoms with Gasteiger partial charge in [-0.3, -0.25) is 53.2 Å². The van der Waals surface area contributed by atoms with E-state index in [1.165, 1.54) is 31.2 Å². The molecule has 3 unspecified atom stereocenters. The number of halogens is 2. The van der Waals surface area contributed by atoms with Crippen LogP contribution in [-0.2, 0) is 100.0 Å². The van der Waals surface area contributed by atoms with Crippen LogP contribution < -0.4 is 69.6 Å². The van der Waals surface area contributed by atoms with Gasteiger partial charge in [0, 0.05) is 74.3 Å². The van der Waals surface area contributed by atoms with Gasteiger partial charge < -0.3 is 125 Å². The molecule has 0 aromatic heterocycles. The number of Topliss-reactive ketones (excluding diaryl/α,β-unsaturated/α-hetero) is 2. The Kier molecular flexibility index (Phi) is 45.1. The molecule has 4 fully saturated rings. The third-order valence-corrected chi connectivity index (χ3v) is 27.5. The molecule has 1 aromatic carbocycles. The number of hydrazine groups is 4. The number of anilines is 1. The molecule has 3 aliphatic heterocycles. The van der Waals surface area contributed by atoms with Gasteiger partial charge in [0.15, 0.2) is 29.1 Å². The van der Waals surface area contributed by atoms with Crippen molar-refractivity contribution in [2.24, 2.45) is 40.2 Å². The van der Waals surface area contributed by atoms with Gasteiger partial charge in [-0.2, -0.15) is 0 Å². The van der Waals surface area contributed by atoms with E-state index in [9.17, 15) is 48.3 Å². The molecule has 138 heavy (non-hydrogen) atoms. The highest BCUT2D eigenvalue weighted by atomic mass is 19.1. The molecule has 1 aromatic rings. The average Bonchev–Trinajstić information content (AvgIpc) is 1.47. The van der Waals surface area contributed by atoms with Gasteiger partial charge in [-0.1, -0.05) is 65.9 Å². The number of fused-ring (bicyclic) bond motifs is 7. The van der Waals surface area contributed by atoms with Crippen LogP contribution >= 0.6 is 0 Å². The van der Waals surface area contributed by atoms with Crippen LogP contribution in [0.1, 0.15) is 182 Å². The SMILES string of the molecule is CCCC1O[C@@H]2C[C@H]3[C@@H]4C[C@H](F)C5=CC(=O)C=C[C@]5(C)[C@@]4(F)[C@@H](O)C[C@]3(C)[C@]2(C(=O)COc2ccc(NC(=O)[C@H](CCCNC(N)=O)CC(=O)[C@@H](NC(=O)[C@@H](CCCCNC(=O)COC3CCCCCC4=C3NNN4CCOCCOCCOCCOCCC(=O)NCC[N+](C)(C)C)NC(=O)CCOCCOCCOCCOCCNC(=O)COC3CCCCCC4=C3NNN4C)C(C)C)cc2)O1. The lowest BCUT2D eigenvalue weighted by Crippen LogP contribution is -2.71. The molecule has 14 N–H and O–H groups in total. The fourth-order valence-electron chi connectivity index (χ4n) is 20.1. The summed E-state index contributed by atoms with van der Waals surface area (Å²) in [6, 6.07) is 3.04. The second-order valence-electron chi connectivity index (χ2n) is 38.8. The summed E-state index contributed by atoms with van der Waals surface area (Å²) in [4.78, 5) is 135. The highest BCUT2D eigenvalue weighted by Gasteiger charge is 2.80. The maximum atomic E-state index is 18.2. The van der Waals surface area contributed by atoms with Crippen LogP contribution in [0.4, 0.5) is 19.3 Å². The molecule has 39 nitrogen and oxygen atoms in total. The molecule has 6 aliphatic carbocycles. The number of carbonyl (C=O) groups is 10. The van der Waals surface area contributed by atoms with Gasteiger partial charge in [-0.15, -0.1) is 11.1 Å². The third-order valence-electron chi connectivity index (χ3n) is 27.5. The smallest absolute Gasteiger partial charge is 0.312 e. The Labute approximate surface area is 810 Å². The number of primary amides is 1. The molecule has 0 spiro atoms. The number of aliphatic hydroxyl groups is 1. The van der Waals surface area contributed by atoms with Crippen molar-refractivity contribution < 1.29 is 128 Å². The fraction of sp³-hybridized carbons (Fsp3) is 0.753. The van der Waals surface area contributed by atoms with Crippen LogP contribution in [0.5, 0.6) is 5.75 Å². The Balaban J connectivity index is 0.680. The first-order valence-electron chi connectivity index (χ1n) is 49.8. The van der Waals surface area contributed by atoms with Crippen LogP contribution in [0.3, 0.4) is 0 Å². The zero-order valence-electron chi connectivity index (χ0n) is 82.4. The number of rotatable bonds is 63.